The van der Waals surface area contributed by atoms with Gasteiger partial charge in [-0.15, -0.1) is 0 Å². The number of hydrogen-bond donors (Lipinski definition) is 1. The van der Waals surface area contributed by atoms with E-state index in [-0.39, 0.29) is 12.1 Å². The van der Waals surface area contributed by atoms with Crippen LogP contribution in [-0.2, 0) is 0 Å². The number of carbonyl (C=O) groups excluding carboxylic acids is 1. The van der Waals surface area contributed by atoms with Gasteiger partial charge in [0.2, 0.25) is 0 Å². The molecule has 0 unspecified atom stereocenters. The minimum absolute atomic E-state index is 0.105. The Labute approximate surface area is 95.5 Å². The lowest BCUT2D eigenvalue weighted by atomic mass is 10.2. The van der Waals surface area contributed by atoms with Crippen LogP contribution in [0.4, 0.5) is 10.5 Å². The summed E-state index contributed by atoms with van der Waals surface area (Å²) in [5.74, 6) is 0. The summed E-state index contributed by atoms with van der Waals surface area (Å²) in [4.78, 5) is 13.2. The Hall–Kier alpha value is -2.02. The van der Waals surface area contributed by atoms with Gasteiger partial charge in [0.1, 0.15) is 0 Å². The zero-order chi connectivity index (χ0) is 12.1. The molecule has 0 aliphatic heterocycles. The summed E-state index contributed by atoms with van der Waals surface area (Å²) in [6.45, 7) is 3.81. The number of benzene rings is 1. The summed E-state index contributed by atoms with van der Waals surface area (Å²) < 4.78 is 0. The fourth-order valence-electron chi connectivity index (χ4n) is 1.22. The highest BCUT2D eigenvalue weighted by atomic mass is 16.2. The van der Waals surface area contributed by atoms with E-state index in [9.17, 15) is 4.79 Å². The topological polar surface area (TPSA) is 56.1 Å². The minimum atomic E-state index is -0.153. The fraction of sp³-hybridized carbons (Fsp3) is 0.333. The van der Waals surface area contributed by atoms with Gasteiger partial charge in [0, 0.05) is 18.8 Å². The first kappa shape index (κ1) is 12.1. The normalized spacial score (nSPS) is 9.69. The molecule has 0 radical (unpaired) electrons. The Balaban J connectivity index is 2.76. The molecule has 1 rings (SSSR count). The number of amides is 2. The van der Waals surface area contributed by atoms with E-state index in [4.69, 9.17) is 5.26 Å². The van der Waals surface area contributed by atoms with Gasteiger partial charge in [-0.1, -0.05) is 0 Å². The monoisotopic (exact) mass is 217 g/mol. The second-order valence-electron chi connectivity index (χ2n) is 3.82. The van der Waals surface area contributed by atoms with E-state index in [1.54, 1.807) is 31.3 Å². The van der Waals surface area contributed by atoms with Crippen LogP contribution in [0, 0.1) is 11.3 Å². The van der Waals surface area contributed by atoms with Crippen molar-refractivity contribution in [2.45, 2.75) is 19.9 Å². The summed E-state index contributed by atoms with van der Waals surface area (Å²) in [6, 6.07) is 8.86. The van der Waals surface area contributed by atoms with Crippen LogP contribution in [-0.4, -0.2) is 19.1 Å². The average molecular weight is 217 g/mol. The van der Waals surface area contributed by atoms with Crippen molar-refractivity contribution < 1.29 is 4.79 Å². The molecule has 0 aromatic heterocycles. The van der Waals surface area contributed by atoms with Crippen molar-refractivity contribution in [2.75, 3.05) is 11.9 Å². The van der Waals surface area contributed by atoms with Crippen LogP contribution in [0.2, 0.25) is 0 Å². The first-order valence-corrected chi connectivity index (χ1v) is 5.09. The van der Waals surface area contributed by atoms with Crippen LogP contribution in [0.5, 0.6) is 0 Å². The Morgan fingerprint density at radius 3 is 2.38 bits per heavy atom. The van der Waals surface area contributed by atoms with Crippen LogP contribution in [0.3, 0.4) is 0 Å². The standard InChI is InChI=1S/C12H15N3O/c1-9(2)14-12(16)15(3)11-6-4-10(8-13)5-7-11/h4-7,9H,1-3H3,(H,14,16). The zero-order valence-electron chi connectivity index (χ0n) is 9.69. The SMILES string of the molecule is CC(C)NC(=O)N(C)c1ccc(C#N)cc1. The van der Waals surface area contributed by atoms with Crippen LogP contribution < -0.4 is 10.2 Å². The molecule has 4 nitrogen and oxygen atoms in total. The molecule has 16 heavy (non-hydrogen) atoms. The first-order chi connectivity index (χ1) is 7.54. The van der Waals surface area contributed by atoms with Gasteiger partial charge in [-0.2, -0.15) is 5.26 Å². The number of hydrogen-bond acceptors (Lipinski definition) is 2. The minimum Gasteiger partial charge on any atom is -0.336 e. The second-order valence-corrected chi connectivity index (χ2v) is 3.82. The van der Waals surface area contributed by atoms with Crippen molar-refractivity contribution in [2.24, 2.45) is 0 Å². The van der Waals surface area contributed by atoms with E-state index in [2.05, 4.69) is 5.32 Å². The summed E-state index contributed by atoms with van der Waals surface area (Å²) in [7, 11) is 1.69. The lowest BCUT2D eigenvalue weighted by molar-refractivity contribution is 0.245. The molecule has 1 aromatic rings. The number of carbonyl (C=O) groups is 1. The molecule has 4 heteroatoms. The molecular formula is C12H15N3O. The highest BCUT2D eigenvalue weighted by Gasteiger charge is 2.10. The van der Waals surface area contributed by atoms with Gasteiger partial charge in [0.15, 0.2) is 0 Å². The second kappa shape index (κ2) is 5.17. The summed E-state index contributed by atoms with van der Waals surface area (Å²) in [6.07, 6.45) is 0. The van der Waals surface area contributed by atoms with Gasteiger partial charge in [0.25, 0.3) is 0 Å². The Morgan fingerprint density at radius 2 is 1.94 bits per heavy atom. The Morgan fingerprint density at radius 1 is 1.38 bits per heavy atom. The molecule has 0 bridgehead atoms. The molecule has 1 aromatic carbocycles. The predicted octanol–water partition coefficient (Wildman–Crippen LogP) is 2.11. The fourth-order valence-corrected chi connectivity index (χ4v) is 1.22. The number of rotatable bonds is 2. The van der Waals surface area contributed by atoms with E-state index >= 15 is 0 Å². The molecule has 0 saturated heterocycles. The van der Waals surface area contributed by atoms with Gasteiger partial charge in [-0.3, -0.25) is 4.90 Å². The number of nitriles is 1. The van der Waals surface area contributed by atoms with E-state index in [1.807, 2.05) is 19.9 Å². The zero-order valence-corrected chi connectivity index (χ0v) is 9.69. The van der Waals surface area contributed by atoms with E-state index < -0.39 is 0 Å². The van der Waals surface area contributed by atoms with Crippen molar-refractivity contribution in [3.05, 3.63) is 29.8 Å². The smallest absolute Gasteiger partial charge is 0.321 e. The van der Waals surface area contributed by atoms with E-state index in [0.717, 1.165) is 5.69 Å². The molecule has 0 heterocycles. The molecule has 0 aliphatic carbocycles. The lowest BCUT2D eigenvalue weighted by Crippen LogP contribution is -2.40. The molecule has 1 N–H and O–H groups in total. The van der Waals surface area contributed by atoms with Crippen molar-refractivity contribution in [1.29, 1.82) is 5.26 Å². The maximum atomic E-state index is 11.7. The number of nitrogens with one attached hydrogen (secondary N) is 1. The number of nitrogens with zero attached hydrogens (tertiary/aromatic N) is 2. The molecular weight excluding hydrogens is 202 g/mol. The highest BCUT2D eigenvalue weighted by Crippen LogP contribution is 2.13. The van der Waals surface area contributed by atoms with Crippen molar-refractivity contribution in [3.63, 3.8) is 0 Å². The third-order valence-corrected chi connectivity index (χ3v) is 2.10. The Bertz CT molecular complexity index is 403. The Kier molecular flexibility index (Phi) is 3.90. The largest absolute Gasteiger partial charge is 0.336 e. The first-order valence-electron chi connectivity index (χ1n) is 5.09. The molecule has 84 valence electrons. The maximum absolute atomic E-state index is 11.7. The third kappa shape index (κ3) is 2.99. The molecule has 0 aliphatic rings. The lowest BCUT2D eigenvalue weighted by Gasteiger charge is -2.19. The van der Waals surface area contributed by atoms with Crippen LogP contribution in [0.15, 0.2) is 24.3 Å². The number of anilines is 1. The quantitative estimate of drug-likeness (QED) is 0.824. The van der Waals surface area contributed by atoms with Crippen molar-refractivity contribution in [3.8, 4) is 6.07 Å². The van der Waals surface area contributed by atoms with Crippen LogP contribution in [0.25, 0.3) is 0 Å². The van der Waals surface area contributed by atoms with Gasteiger partial charge in [-0.05, 0) is 38.1 Å². The van der Waals surface area contributed by atoms with E-state index in [0.29, 0.717) is 5.56 Å². The predicted molar refractivity (Wildman–Crippen MR) is 63.2 cm³/mol. The summed E-state index contributed by atoms with van der Waals surface area (Å²) in [5, 5.41) is 11.4. The van der Waals surface area contributed by atoms with Crippen LogP contribution >= 0.6 is 0 Å². The molecule has 0 fully saturated rings. The van der Waals surface area contributed by atoms with E-state index in [1.165, 1.54) is 4.90 Å². The summed E-state index contributed by atoms with van der Waals surface area (Å²) in [5.41, 5.74) is 1.35. The van der Waals surface area contributed by atoms with Crippen molar-refractivity contribution in [1.82, 2.24) is 5.32 Å². The number of urea groups is 1. The van der Waals surface area contributed by atoms with Gasteiger partial charge in [0.05, 0.1) is 11.6 Å². The third-order valence-electron chi connectivity index (χ3n) is 2.10. The van der Waals surface area contributed by atoms with Crippen LogP contribution in [0.1, 0.15) is 19.4 Å². The van der Waals surface area contributed by atoms with Crippen molar-refractivity contribution >= 4 is 11.7 Å². The maximum Gasteiger partial charge on any atom is 0.321 e. The molecule has 0 spiro atoms. The molecule has 0 atom stereocenters. The van der Waals surface area contributed by atoms with Gasteiger partial charge < -0.3 is 5.32 Å². The van der Waals surface area contributed by atoms with Gasteiger partial charge in [-0.25, -0.2) is 4.79 Å². The molecule has 2 amide bonds. The average Bonchev–Trinajstić information content (AvgIpc) is 2.27. The van der Waals surface area contributed by atoms with Gasteiger partial charge >= 0.3 is 6.03 Å². The molecule has 0 saturated carbocycles. The highest BCUT2D eigenvalue weighted by molar-refractivity contribution is 5.91. The summed E-state index contributed by atoms with van der Waals surface area (Å²) >= 11 is 0.